The third-order valence-electron chi connectivity index (χ3n) is 4.96. The Kier molecular flexibility index (Phi) is 4.06. The van der Waals surface area contributed by atoms with Crippen LogP contribution in [0.15, 0.2) is 30.3 Å². The van der Waals surface area contributed by atoms with E-state index < -0.39 is 0 Å². The molecular formula is C17H24N2O. The van der Waals surface area contributed by atoms with Crippen LogP contribution in [0.4, 0.5) is 0 Å². The van der Waals surface area contributed by atoms with Crippen molar-refractivity contribution in [2.75, 3.05) is 6.54 Å². The molecule has 1 saturated heterocycles. The van der Waals surface area contributed by atoms with Crippen molar-refractivity contribution in [3.63, 3.8) is 0 Å². The minimum atomic E-state index is 0.0280. The molecule has 108 valence electrons. The lowest BCUT2D eigenvalue weighted by Crippen LogP contribution is -2.45. The van der Waals surface area contributed by atoms with Crippen LogP contribution in [0, 0.1) is 11.8 Å². The van der Waals surface area contributed by atoms with Gasteiger partial charge in [0.05, 0.1) is 12.1 Å². The number of fused-ring (bicyclic) bond motifs is 1. The number of rotatable bonds is 4. The van der Waals surface area contributed by atoms with Gasteiger partial charge in [-0.1, -0.05) is 43.7 Å². The lowest BCUT2D eigenvalue weighted by molar-refractivity contribution is -0.124. The summed E-state index contributed by atoms with van der Waals surface area (Å²) in [6, 6.07) is 10.4. The maximum Gasteiger partial charge on any atom is 0.237 e. The van der Waals surface area contributed by atoms with Gasteiger partial charge in [-0.25, -0.2) is 0 Å². The summed E-state index contributed by atoms with van der Waals surface area (Å²) in [5.74, 6) is 1.47. The third-order valence-corrected chi connectivity index (χ3v) is 4.96. The van der Waals surface area contributed by atoms with E-state index in [0.29, 0.717) is 5.92 Å². The SMILES string of the molecule is CCC(NC(=O)C1NCC2CCCC21)c1ccccc1. The normalized spacial score (nSPS) is 29.9. The Morgan fingerprint density at radius 2 is 2.15 bits per heavy atom. The van der Waals surface area contributed by atoms with Gasteiger partial charge in [-0.15, -0.1) is 0 Å². The van der Waals surface area contributed by atoms with Crippen LogP contribution in [-0.4, -0.2) is 18.5 Å². The smallest absolute Gasteiger partial charge is 0.237 e. The Labute approximate surface area is 121 Å². The number of amides is 1. The van der Waals surface area contributed by atoms with E-state index in [0.717, 1.165) is 18.9 Å². The lowest BCUT2D eigenvalue weighted by atomic mass is 9.93. The first-order valence-corrected chi connectivity index (χ1v) is 7.88. The summed E-state index contributed by atoms with van der Waals surface area (Å²) in [4.78, 5) is 12.6. The highest BCUT2D eigenvalue weighted by Gasteiger charge is 2.42. The average molecular weight is 272 g/mol. The highest BCUT2D eigenvalue weighted by molar-refractivity contribution is 5.83. The van der Waals surface area contributed by atoms with E-state index in [-0.39, 0.29) is 18.0 Å². The lowest BCUT2D eigenvalue weighted by Gasteiger charge is -2.23. The van der Waals surface area contributed by atoms with Gasteiger partial charge >= 0.3 is 0 Å². The van der Waals surface area contributed by atoms with Crippen molar-refractivity contribution in [2.45, 2.75) is 44.7 Å². The van der Waals surface area contributed by atoms with Crippen LogP contribution in [-0.2, 0) is 4.79 Å². The molecule has 20 heavy (non-hydrogen) atoms. The Morgan fingerprint density at radius 1 is 1.35 bits per heavy atom. The van der Waals surface area contributed by atoms with Gasteiger partial charge in [-0.05, 0) is 43.2 Å². The molecule has 0 bridgehead atoms. The zero-order valence-corrected chi connectivity index (χ0v) is 12.1. The molecule has 3 heteroatoms. The molecule has 1 aromatic carbocycles. The molecule has 0 radical (unpaired) electrons. The summed E-state index contributed by atoms with van der Waals surface area (Å²) < 4.78 is 0. The van der Waals surface area contributed by atoms with Crippen molar-refractivity contribution in [1.82, 2.24) is 10.6 Å². The van der Waals surface area contributed by atoms with Crippen LogP contribution in [0.5, 0.6) is 0 Å². The minimum Gasteiger partial charge on any atom is -0.348 e. The molecule has 2 fully saturated rings. The fourth-order valence-corrected chi connectivity index (χ4v) is 3.84. The van der Waals surface area contributed by atoms with Gasteiger partial charge in [0.25, 0.3) is 0 Å². The Bertz CT molecular complexity index is 459. The second-order valence-corrected chi connectivity index (χ2v) is 6.12. The summed E-state index contributed by atoms with van der Waals surface area (Å²) >= 11 is 0. The van der Waals surface area contributed by atoms with E-state index >= 15 is 0 Å². The monoisotopic (exact) mass is 272 g/mol. The van der Waals surface area contributed by atoms with Gasteiger partial charge in [0.2, 0.25) is 5.91 Å². The Hall–Kier alpha value is -1.35. The van der Waals surface area contributed by atoms with Gasteiger partial charge in [-0.3, -0.25) is 4.79 Å². The summed E-state index contributed by atoms with van der Waals surface area (Å²) in [6.07, 6.45) is 4.71. The molecule has 1 aromatic rings. The van der Waals surface area contributed by atoms with E-state index in [1.165, 1.54) is 24.8 Å². The van der Waals surface area contributed by atoms with Crippen molar-refractivity contribution >= 4 is 5.91 Å². The van der Waals surface area contributed by atoms with Gasteiger partial charge in [0, 0.05) is 0 Å². The predicted octanol–water partition coefficient (Wildman–Crippen LogP) is 2.64. The van der Waals surface area contributed by atoms with Gasteiger partial charge in [0.15, 0.2) is 0 Å². The highest BCUT2D eigenvalue weighted by atomic mass is 16.2. The first kappa shape index (κ1) is 13.6. The fourth-order valence-electron chi connectivity index (χ4n) is 3.84. The predicted molar refractivity (Wildman–Crippen MR) is 80.2 cm³/mol. The average Bonchev–Trinajstić information content (AvgIpc) is 3.08. The van der Waals surface area contributed by atoms with E-state index in [9.17, 15) is 4.79 Å². The highest BCUT2D eigenvalue weighted by Crippen LogP contribution is 2.37. The van der Waals surface area contributed by atoms with Crippen LogP contribution in [0.25, 0.3) is 0 Å². The summed E-state index contributed by atoms with van der Waals surface area (Å²) in [6.45, 7) is 3.14. The quantitative estimate of drug-likeness (QED) is 0.884. The second kappa shape index (κ2) is 5.96. The largest absolute Gasteiger partial charge is 0.348 e. The van der Waals surface area contributed by atoms with Crippen LogP contribution in [0.3, 0.4) is 0 Å². The summed E-state index contributed by atoms with van der Waals surface area (Å²) in [5, 5.41) is 6.66. The van der Waals surface area contributed by atoms with Crippen LogP contribution < -0.4 is 10.6 Å². The van der Waals surface area contributed by atoms with Gasteiger partial charge in [0.1, 0.15) is 0 Å². The van der Waals surface area contributed by atoms with Crippen molar-refractivity contribution in [2.24, 2.45) is 11.8 Å². The molecule has 1 amide bonds. The minimum absolute atomic E-state index is 0.0280. The Balaban J connectivity index is 1.66. The van der Waals surface area contributed by atoms with Crippen molar-refractivity contribution in [1.29, 1.82) is 0 Å². The van der Waals surface area contributed by atoms with Crippen LogP contribution >= 0.6 is 0 Å². The molecule has 1 heterocycles. The number of carbonyl (C=O) groups excluding carboxylic acids is 1. The number of nitrogens with one attached hydrogen (secondary N) is 2. The zero-order valence-electron chi connectivity index (χ0n) is 12.1. The first-order valence-electron chi connectivity index (χ1n) is 7.88. The van der Waals surface area contributed by atoms with Crippen molar-refractivity contribution in [3.8, 4) is 0 Å². The number of hydrogen-bond donors (Lipinski definition) is 2. The molecule has 0 spiro atoms. The summed E-state index contributed by atoms with van der Waals surface area (Å²) in [7, 11) is 0. The number of hydrogen-bond acceptors (Lipinski definition) is 2. The second-order valence-electron chi connectivity index (χ2n) is 6.12. The molecule has 2 aliphatic rings. The van der Waals surface area contributed by atoms with Gasteiger partial charge in [-0.2, -0.15) is 0 Å². The van der Waals surface area contributed by atoms with E-state index in [4.69, 9.17) is 0 Å². The maximum absolute atomic E-state index is 12.6. The van der Waals surface area contributed by atoms with E-state index in [1.807, 2.05) is 18.2 Å². The number of benzene rings is 1. The standard InChI is InChI=1S/C17H24N2O/c1-2-15(12-7-4-3-5-8-12)19-17(20)16-14-10-6-9-13(14)11-18-16/h3-5,7-8,13-16,18H,2,6,9-11H2,1H3,(H,19,20). The van der Waals surface area contributed by atoms with Crippen LogP contribution in [0.1, 0.15) is 44.2 Å². The topological polar surface area (TPSA) is 41.1 Å². The third kappa shape index (κ3) is 2.59. The first-order chi connectivity index (χ1) is 9.79. The molecular weight excluding hydrogens is 248 g/mol. The molecule has 0 aromatic heterocycles. The molecule has 1 aliphatic carbocycles. The molecule has 3 nitrogen and oxygen atoms in total. The Morgan fingerprint density at radius 3 is 2.90 bits per heavy atom. The zero-order chi connectivity index (χ0) is 13.9. The molecule has 2 N–H and O–H groups in total. The summed E-state index contributed by atoms with van der Waals surface area (Å²) in [5.41, 5.74) is 1.20. The fraction of sp³-hybridized carbons (Fsp3) is 0.588. The van der Waals surface area contributed by atoms with E-state index in [1.54, 1.807) is 0 Å². The molecule has 4 unspecified atom stereocenters. The molecule has 4 atom stereocenters. The van der Waals surface area contributed by atoms with Gasteiger partial charge < -0.3 is 10.6 Å². The number of carbonyl (C=O) groups is 1. The van der Waals surface area contributed by atoms with Crippen molar-refractivity contribution < 1.29 is 4.79 Å². The van der Waals surface area contributed by atoms with E-state index in [2.05, 4.69) is 29.7 Å². The maximum atomic E-state index is 12.6. The molecule has 3 rings (SSSR count). The molecule has 1 aliphatic heterocycles. The van der Waals surface area contributed by atoms with Crippen LogP contribution in [0.2, 0.25) is 0 Å². The molecule has 1 saturated carbocycles. The van der Waals surface area contributed by atoms with Crippen molar-refractivity contribution in [3.05, 3.63) is 35.9 Å².